The SMILES string of the molecule is CCOc1ccc(C(=O)N(CC)CC(=O)Nc2ccc3c(c2)OCCO3)cc1. The van der Waals surface area contributed by atoms with E-state index in [1.54, 1.807) is 42.5 Å². The highest BCUT2D eigenvalue weighted by molar-refractivity contribution is 5.99. The monoisotopic (exact) mass is 384 g/mol. The molecular weight excluding hydrogens is 360 g/mol. The Morgan fingerprint density at radius 3 is 2.43 bits per heavy atom. The van der Waals surface area contributed by atoms with Crippen molar-refractivity contribution in [3.8, 4) is 17.2 Å². The number of ether oxygens (including phenoxy) is 3. The van der Waals surface area contributed by atoms with Gasteiger partial charge in [0.25, 0.3) is 5.91 Å². The van der Waals surface area contributed by atoms with Crippen LogP contribution in [0.4, 0.5) is 5.69 Å². The number of hydrogen-bond acceptors (Lipinski definition) is 5. The summed E-state index contributed by atoms with van der Waals surface area (Å²) >= 11 is 0. The van der Waals surface area contributed by atoms with Gasteiger partial charge in [0.05, 0.1) is 6.61 Å². The van der Waals surface area contributed by atoms with E-state index in [1.807, 2.05) is 13.8 Å². The lowest BCUT2D eigenvalue weighted by atomic mass is 10.2. The third kappa shape index (κ3) is 4.73. The molecule has 0 spiro atoms. The van der Waals surface area contributed by atoms with Gasteiger partial charge in [-0.25, -0.2) is 0 Å². The molecule has 0 saturated carbocycles. The molecule has 1 aliphatic rings. The molecule has 0 radical (unpaired) electrons. The fourth-order valence-corrected chi connectivity index (χ4v) is 2.87. The Labute approximate surface area is 164 Å². The first-order valence-electron chi connectivity index (χ1n) is 9.32. The van der Waals surface area contributed by atoms with E-state index < -0.39 is 0 Å². The molecule has 0 atom stereocenters. The minimum absolute atomic E-state index is 0.0447. The van der Waals surface area contributed by atoms with E-state index in [-0.39, 0.29) is 18.4 Å². The number of amides is 2. The van der Waals surface area contributed by atoms with Crippen LogP contribution in [0.5, 0.6) is 17.2 Å². The number of benzene rings is 2. The van der Waals surface area contributed by atoms with E-state index in [0.717, 1.165) is 0 Å². The van der Waals surface area contributed by atoms with E-state index in [4.69, 9.17) is 14.2 Å². The van der Waals surface area contributed by atoms with Crippen LogP contribution in [-0.4, -0.2) is 49.6 Å². The molecule has 7 nitrogen and oxygen atoms in total. The van der Waals surface area contributed by atoms with Gasteiger partial charge >= 0.3 is 0 Å². The van der Waals surface area contributed by atoms with Crippen LogP contribution >= 0.6 is 0 Å². The zero-order chi connectivity index (χ0) is 19.9. The second kappa shape index (κ2) is 9.12. The standard InChI is InChI=1S/C21H24N2O5/c1-3-23(21(25)15-5-8-17(9-6-15)26-4-2)14-20(24)22-16-7-10-18-19(13-16)28-12-11-27-18/h5-10,13H,3-4,11-12,14H2,1-2H3,(H,22,24). The highest BCUT2D eigenvalue weighted by Gasteiger charge is 2.18. The molecule has 148 valence electrons. The third-order valence-electron chi connectivity index (χ3n) is 4.24. The van der Waals surface area contributed by atoms with Crippen LogP contribution in [0.2, 0.25) is 0 Å². The molecule has 3 rings (SSSR count). The molecule has 1 heterocycles. The van der Waals surface area contributed by atoms with Gasteiger partial charge in [-0.2, -0.15) is 0 Å². The Balaban J connectivity index is 1.61. The molecule has 28 heavy (non-hydrogen) atoms. The van der Waals surface area contributed by atoms with Gasteiger partial charge in [0, 0.05) is 23.9 Å². The summed E-state index contributed by atoms with van der Waals surface area (Å²) in [5.74, 6) is 1.48. The summed E-state index contributed by atoms with van der Waals surface area (Å²) in [5.41, 5.74) is 1.11. The predicted octanol–water partition coefficient (Wildman–Crippen LogP) is 2.96. The molecule has 2 aromatic rings. The Hall–Kier alpha value is -3.22. The van der Waals surface area contributed by atoms with Crippen LogP contribution < -0.4 is 19.5 Å². The van der Waals surface area contributed by atoms with Gasteiger partial charge in [-0.3, -0.25) is 9.59 Å². The molecule has 7 heteroatoms. The molecule has 0 fully saturated rings. The number of nitrogens with one attached hydrogen (secondary N) is 1. The Kier molecular flexibility index (Phi) is 6.37. The van der Waals surface area contributed by atoms with Crippen molar-refractivity contribution in [2.45, 2.75) is 13.8 Å². The van der Waals surface area contributed by atoms with E-state index in [2.05, 4.69) is 5.32 Å². The zero-order valence-corrected chi connectivity index (χ0v) is 16.1. The van der Waals surface area contributed by atoms with Crippen LogP contribution in [0.15, 0.2) is 42.5 Å². The highest BCUT2D eigenvalue weighted by atomic mass is 16.6. The Morgan fingerprint density at radius 2 is 1.75 bits per heavy atom. The van der Waals surface area contributed by atoms with Crippen molar-refractivity contribution in [2.24, 2.45) is 0 Å². The average Bonchev–Trinajstić information content (AvgIpc) is 2.72. The second-order valence-electron chi connectivity index (χ2n) is 6.18. The summed E-state index contributed by atoms with van der Waals surface area (Å²) in [4.78, 5) is 26.6. The summed E-state index contributed by atoms with van der Waals surface area (Å²) in [5, 5.41) is 2.80. The van der Waals surface area contributed by atoms with Gasteiger partial charge in [-0.05, 0) is 50.2 Å². The quantitative estimate of drug-likeness (QED) is 0.794. The van der Waals surface area contributed by atoms with E-state index in [1.165, 1.54) is 4.90 Å². The van der Waals surface area contributed by atoms with Gasteiger partial charge in [0.15, 0.2) is 11.5 Å². The van der Waals surface area contributed by atoms with Crippen molar-refractivity contribution in [2.75, 3.05) is 38.2 Å². The Morgan fingerprint density at radius 1 is 1.04 bits per heavy atom. The lowest BCUT2D eigenvalue weighted by molar-refractivity contribution is -0.116. The molecular formula is C21H24N2O5. The van der Waals surface area contributed by atoms with Crippen molar-refractivity contribution < 1.29 is 23.8 Å². The van der Waals surface area contributed by atoms with Gasteiger partial charge < -0.3 is 24.4 Å². The molecule has 0 aromatic heterocycles. The number of carbonyl (C=O) groups excluding carboxylic acids is 2. The van der Waals surface area contributed by atoms with Crippen molar-refractivity contribution in [3.05, 3.63) is 48.0 Å². The molecule has 0 aliphatic carbocycles. The summed E-state index contributed by atoms with van der Waals surface area (Å²) in [6.45, 7) is 5.66. The Bertz CT molecular complexity index is 835. The molecule has 0 saturated heterocycles. The molecule has 2 amide bonds. The first kappa shape index (κ1) is 19.5. The number of hydrogen-bond donors (Lipinski definition) is 1. The number of nitrogens with zero attached hydrogens (tertiary/aromatic N) is 1. The van der Waals surface area contributed by atoms with Crippen LogP contribution in [0.3, 0.4) is 0 Å². The summed E-state index contributed by atoms with van der Waals surface area (Å²) < 4.78 is 16.4. The largest absolute Gasteiger partial charge is 0.494 e. The maximum Gasteiger partial charge on any atom is 0.254 e. The van der Waals surface area contributed by atoms with Crippen molar-refractivity contribution in [1.29, 1.82) is 0 Å². The highest BCUT2D eigenvalue weighted by Crippen LogP contribution is 2.32. The van der Waals surface area contributed by atoms with Crippen molar-refractivity contribution in [3.63, 3.8) is 0 Å². The summed E-state index contributed by atoms with van der Waals surface area (Å²) in [7, 11) is 0. The average molecular weight is 384 g/mol. The summed E-state index contributed by atoms with van der Waals surface area (Å²) in [6.07, 6.45) is 0. The van der Waals surface area contributed by atoms with Crippen LogP contribution in [0.1, 0.15) is 24.2 Å². The molecule has 1 N–H and O–H groups in total. The van der Waals surface area contributed by atoms with E-state index in [9.17, 15) is 9.59 Å². The molecule has 1 aliphatic heterocycles. The minimum Gasteiger partial charge on any atom is -0.494 e. The zero-order valence-electron chi connectivity index (χ0n) is 16.1. The fourth-order valence-electron chi connectivity index (χ4n) is 2.87. The molecule has 0 unspecified atom stereocenters. The minimum atomic E-state index is -0.280. The number of likely N-dealkylation sites (N-methyl/N-ethyl adjacent to an activating group) is 1. The normalized spacial score (nSPS) is 12.2. The van der Waals surface area contributed by atoms with Gasteiger partial charge in [0.2, 0.25) is 5.91 Å². The van der Waals surface area contributed by atoms with Crippen LogP contribution in [0, 0.1) is 0 Å². The third-order valence-corrected chi connectivity index (χ3v) is 4.24. The second-order valence-corrected chi connectivity index (χ2v) is 6.18. The number of rotatable bonds is 7. The fraction of sp³-hybridized carbons (Fsp3) is 0.333. The topological polar surface area (TPSA) is 77.1 Å². The predicted molar refractivity (Wildman–Crippen MR) is 105 cm³/mol. The lowest BCUT2D eigenvalue weighted by Gasteiger charge is -2.21. The van der Waals surface area contributed by atoms with E-state index >= 15 is 0 Å². The van der Waals surface area contributed by atoms with E-state index in [0.29, 0.717) is 54.9 Å². The van der Waals surface area contributed by atoms with Gasteiger partial charge in [-0.1, -0.05) is 0 Å². The van der Waals surface area contributed by atoms with Crippen LogP contribution in [-0.2, 0) is 4.79 Å². The molecule has 2 aromatic carbocycles. The van der Waals surface area contributed by atoms with Crippen molar-refractivity contribution >= 4 is 17.5 Å². The van der Waals surface area contributed by atoms with Gasteiger partial charge in [0.1, 0.15) is 25.5 Å². The first-order valence-corrected chi connectivity index (χ1v) is 9.32. The molecule has 0 bridgehead atoms. The number of carbonyl (C=O) groups is 2. The van der Waals surface area contributed by atoms with Crippen molar-refractivity contribution in [1.82, 2.24) is 4.90 Å². The number of anilines is 1. The maximum atomic E-state index is 12.7. The maximum absolute atomic E-state index is 12.7. The van der Waals surface area contributed by atoms with Gasteiger partial charge in [-0.15, -0.1) is 0 Å². The first-order chi connectivity index (χ1) is 13.6. The van der Waals surface area contributed by atoms with Crippen LogP contribution in [0.25, 0.3) is 0 Å². The summed E-state index contributed by atoms with van der Waals surface area (Å²) in [6, 6.07) is 12.1. The smallest absolute Gasteiger partial charge is 0.254 e. The lowest BCUT2D eigenvalue weighted by Crippen LogP contribution is -2.37. The number of fused-ring (bicyclic) bond motifs is 1.